The van der Waals surface area contributed by atoms with Gasteiger partial charge in [0.15, 0.2) is 17.0 Å². The maximum absolute atomic E-state index is 12.1. The highest BCUT2D eigenvalue weighted by Gasteiger charge is 2.14. The summed E-state index contributed by atoms with van der Waals surface area (Å²) < 4.78 is 1.90. The molecule has 3 rings (SSSR count). The van der Waals surface area contributed by atoms with Gasteiger partial charge in [-0.3, -0.25) is 9.88 Å². The number of carbonyl (C=O) groups excluding carboxylic acids is 1. The molecule has 7 nitrogen and oxygen atoms in total. The van der Waals surface area contributed by atoms with Crippen molar-refractivity contribution in [3.8, 4) is 5.69 Å². The summed E-state index contributed by atoms with van der Waals surface area (Å²) >= 11 is 0. The van der Waals surface area contributed by atoms with Crippen LogP contribution in [0.15, 0.2) is 36.9 Å². The van der Waals surface area contributed by atoms with Crippen molar-refractivity contribution >= 4 is 23.0 Å². The van der Waals surface area contributed by atoms with Crippen LogP contribution in [-0.2, 0) is 0 Å². The fourth-order valence-electron chi connectivity index (χ4n) is 2.94. The smallest absolute Gasteiger partial charge is 0.320 e. The second-order valence-corrected chi connectivity index (χ2v) is 7.47. The highest BCUT2D eigenvalue weighted by Crippen LogP contribution is 2.23. The molecule has 0 radical (unpaired) electrons. The molecule has 0 aliphatic heterocycles. The van der Waals surface area contributed by atoms with Crippen molar-refractivity contribution in [3.05, 3.63) is 42.5 Å². The number of fused-ring (bicyclic) bond motifs is 1. The number of aromatic nitrogens is 4. The SMILES string of the molecule is CCC(C)c1ccc(-n2cnc3c(NC(=O)NCCC(C)C)ncnc32)cc1. The van der Waals surface area contributed by atoms with Crippen LogP contribution in [0.1, 0.15) is 52.0 Å². The first kappa shape index (κ1) is 19.8. The van der Waals surface area contributed by atoms with Gasteiger partial charge in [0.25, 0.3) is 0 Å². The third-order valence-corrected chi connectivity index (χ3v) is 4.93. The summed E-state index contributed by atoms with van der Waals surface area (Å²) in [5, 5.41) is 5.62. The molecule has 28 heavy (non-hydrogen) atoms. The largest absolute Gasteiger partial charge is 0.338 e. The van der Waals surface area contributed by atoms with Crippen LogP contribution < -0.4 is 10.6 Å². The van der Waals surface area contributed by atoms with E-state index in [0.29, 0.717) is 35.4 Å². The monoisotopic (exact) mass is 380 g/mol. The molecule has 1 atom stereocenters. The maximum atomic E-state index is 12.1. The zero-order valence-electron chi connectivity index (χ0n) is 16.9. The number of amides is 2. The average Bonchev–Trinajstić information content (AvgIpc) is 3.12. The minimum atomic E-state index is -0.284. The van der Waals surface area contributed by atoms with Crippen LogP contribution in [0.2, 0.25) is 0 Å². The minimum absolute atomic E-state index is 0.284. The zero-order chi connectivity index (χ0) is 20.1. The fraction of sp³-hybridized carbons (Fsp3) is 0.429. The Morgan fingerprint density at radius 1 is 1.11 bits per heavy atom. The lowest BCUT2D eigenvalue weighted by Gasteiger charge is -2.11. The molecular formula is C21H28N6O. The Morgan fingerprint density at radius 3 is 2.54 bits per heavy atom. The van der Waals surface area contributed by atoms with E-state index in [2.05, 4.69) is 77.5 Å². The Kier molecular flexibility index (Phi) is 6.23. The number of nitrogens with zero attached hydrogens (tertiary/aromatic N) is 4. The van der Waals surface area contributed by atoms with Gasteiger partial charge in [-0.15, -0.1) is 0 Å². The number of nitrogens with one attached hydrogen (secondary N) is 2. The standard InChI is InChI=1S/C21H28N6O/c1-5-15(4)16-6-8-17(9-7-16)27-13-25-18-19(23-12-24-20(18)27)26-21(28)22-11-10-14(2)3/h6-9,12-15H,5,10-11H2,1-4H3,(H2,22,23,24,26,28). The molecule has 0 aliphatic carbocycles. The summed E-state index contributed by atoms with van der Waals surface area (Å²) in [5.41, 5.74) is 3.50. The molecular weight excluding hydrogens is 352 g/mol. The predicted octanol–water partition coefficient (Wildman–Crippen LogP) is 4.50. The van der Waals surface area contributed by atoms with Crippen molar-refractivity contribution < 1.29 is 4.79 Å². The number of imidazole rings is 1. The fourth-order valence-corrected chi connectivity index (χ4v) is 2.94. The van der Waals surface area contributed by atoms with E-state index in [1.54, 1.807) is 6.33 Å². The summed E-state index contributed by atoms with van der Waals surface area (Å²) in [4.78, 5) is 25.1. The van der Waals surface area contributed by atoms with Crippen molar-refractivity contribution in [2.75, 3.05) is 11.9 Å². The molecule has 0 saturated heterocycles. The van der Waals surface area contributed by atoms with Crippen molar-refractivity contribution in [1.82, 2.24) is 24.8 Å². The Balaban J connectivity index is 1.80. The molecule has 0 spiro atoms. The van der Waals surface area contributed by atoms with E-state index in [9.17, 15) is 4.79 Å². The highest BCUT2D eigenvalue weighted by atomic mass is 16.2. The molecule has 1 aromatic carbocycles. The molecule has 0 aliphatic rings. The first-order valence-electron chi connectivity index (χ1n) is 9.82. The van der Waals surface area contributed by atoms with Crippen LogP contribution in [0.4, 0.5) is 10.6 Å². The second-order valence-electron chi connectivity index (χ2n) is 7.47. The molecule has 2 aromatic heterocycles. The average molecular weight is 380 g/mol. The van der Waals surface area contributed by atoms with Crippen LogP contribution in [0.3, 0.4) is 0 Å². The van der Waals surface area contributed by atoms with Crippen LogP contribution >= 0.6 is 0 Å². The predicted molar refractivity (Wildman–Crippen MR) is 112 cm³/mol. The van der Waals surface area contributed by atoms with Gasteiger partial charge in [-0.1, -0.05) is 39.8 Å². The molecule has 2 heterocycles. The number of hydrogen-bond acceptors (Lipinski definition) is 4. The van der Waals surface area contributed by atoms with Gasteiger partial charge in [0.1, 0.15) is 12.7 Å². The summed E-state index contributed by atoms with van der Waals surface area (Å²) in [6.45, 7) is 9.27. The van der Waals surface area contributed by atoms with E-state index in [1.807, 2.05) is 4.57 Å². The molecule has 0 bridgehead atoms. The van der Waals surface area contributed by atoms with E-state index in [4.69, 9.17) is 0 Å². The number of carbonyl (C=O) groups is 1. The topological polar surface area (TPSA) is 84.7 Å². The zero-order valence-corrected chi connectivity index (χ0v) is 16.9. The molecule has 7 heteroatoms. The van der Waals surface area contributed by atoms with E-state index < -0.39 is 0 Å². The van der Waals surface area contributed by atoms with E-state index in [0.717, 1.165) is 18.5 Å². The number of urea groups is 1. The quantitative estimate of drug-likeness (QED) is 0.632. The summed E-state index contributed by atoms with van der Waals surface area (Å²) in [6, 6.07) is 8.12. The van der Waals surface area contributed by atoms with E-state index >= 15 is 0 Å². The van der Waals surface area contributed by atoms with Gasteiger partial charge in [0, 0.05) is 12.2 Å². The molecule has 2 amide bonds. The van der Waals surface area contributed by atoms with Crippen molar-refractivity contribution in [2.24, 2.45) is 5.92 Å². The lowest BCUT2D eigenvalue weighted by atomic mass is 9.99. The number of hydrogen-bond donors (Lipinski definition) is 2. The van der Waals surface area contributed by atoms with Gasteiger partial charge < -0.3 is 5.32 Å². The van der Waals surface area contributed by atoms with Crippen LogP contribution in [0.25, 0.3) is 16.9 Å². The molecule has 1 unspecified atom stereocenters. The molecule has 2 N–H and O–H groups in total. The number of anilines is 1. The molecule has 148 valence electrons. The lowest BCUT2D eigenvalue weighted by Crippen LogP contribution is -2.30. The van der Waals surface area contributed by atoms with E-state index in [1.165, 1.54) is 11.9 Å². The van der Waals surface area contributed by atoms with Gasteiger partial charge in [-0.05, 0) is 42.4 Å². The second kappa shape index (κ2) is 8.82. The van der Waals surface area contributed by atoms with Crippen molar-refractivity contribution in [1.29, 1.82) is 0 Å². The first-order valence-corrected chi connectivity index (χ1v) is 9.82. The molecule has 3 aromatic rings. The Labute approximate surface area is 165 Å². The molecule has 0 fully saturated rings. The number of rotatable bonds is 7. The van der Waals surface area contributed by atoms with Gasteiger partial charge >= 0.3 is 6.03 Å². The summed E-state index contributed by atoms with van der Waals surface area (Å²) in [7, 11) is 0. The van der Waals surface area contributed by atoms with Crippen LogP contribution in [-0.4, -0.2) is 32.1 Å². The van der Waals surface area contributed by atoms with Crippen molar-refractivity contribution in [2.45, 2.75) is 46.5 Å². The normalized spacial score (nSPS) is 12.3. The first-order chi connectivity index (χ1) is 13.5. The van der Waals surface area contributed by atoms with Crippen molar-refractivity contribution in [3.63, 3.8) is 0 Å². The Morgan fingerprint density at radius 2 is 1.86 bits per heavy atom. The van der Waals surface area contributed by atoms with Crippen LogP contribution in [0.5, 0.6) is 0 Å². The summed E-state index contributed by atoms with van der Waals surface area (Å²) in [6.07, 6.45) is 5.18. The van der Waals surface area contributed by atoms with E-state index in [-0.39, 0.29) is 6.03 Å². The van der Waals surface area contributed by atoms with Crippen LogP contribution in [0, 0.1) is 5.92 Å². The van der Waals surface area contributed by atoms with Gasteiger partial charge in [-0.2, -0.15) is 0 Å². The highest BCUT2D eigenvalue weighted by molar-refractivity contribution is 5.96. The number of benzene rings is 1. The Hall–Kier alpha value is -2.96. The van der Waals surface area contributed by atoms with Gasteiger partial charge in [0.05, 0.1) is 0 Å². The van der Waals surface area contributed by atoms with Gasteiger partial charge in [0.2, 0.25) is 0 Å². The van der Waals surface area contributed by atoms with Gasteiger partial charge in [-0.25, -0.2) is 19.7 Å². The lowest BCUT2D eigenvalue weighted by molar-refractivity contribution is 0.251. The molecule has 0 saturated carbocycles. The minimum Gasteiger partial charge on any atom is -0.338 e. The maximum Gasteiger partial charge on any atom is 0.320 e. The Bertz CT molecular complexity index is 932. The third kappa shape index (κ3) is 4.47. The summed E-state index contributed by atoms with van der Waals surface area (Å²) in [5.74, 6) is 1.47. The third-order valence-electron chi connectivity index (χ3n) is 4.93.